The second-order valence-corrected chi connectivity index (χ2v) is 8.66. The Morgan fingerprint density at radius 1 is 1.19 bits per heavy atom. The molecule has 6 nitrogen and oxygen atoms in total. The van der Waals surface area contributed by atoms with Gasteiger partial charge in [0.05, 0.1) is 11.3 Å². The molecule has 0 spiro atoms. The van der Waals surface area contributed by atoms with Crippen molar-refractivity contribution in [3.63, 3.8) is 0 Å². The molecular formula is C24H25N3O3S. The molecule has 2 aliphatic heterocycles. The quantitative estimate of drug-likeness (QED) is 0.514. The van der Waals surface area contributed by atoms with Gasteiger partial charge < -0.3 is 9.80 Å². The van der Waals surface area contributed by atoms with Crippen molar-refractivity contribution in [2.24, 2.45) is 0 Å². The van der Waals surface area contributed by atoms with Crippen molar-refractivity contribution >= 4 is 35.2 Å². The maximum absolute atomic E-state index is 13.9. The number of nitrogens with zero attached hydrogens (tertiary/aromatic N) is 3. The van der Waals surface area contributed by atoms with Gasteiger partial charge >= 0.3 is 0 Å². The van der Waals surface area contributed by atoms with E-state index in [9.17, 15) is 14.4 Å². The number of rotatable bonds is 6. The van der Waals surface area contributed by atoms with E-state index in [2.05, 4.69) is 6.58 Å². The van der Waals surface area contributed by atoms with Crippen LogP contribution in [0.5, 0.6) is 0 Å². The summed E-state index contributed by atoms with van der Waals surface area (Å²) < 4.78 is 0. The van der Waals surface area contributed by atoms with Crippen molar-refractivity contribution in [1.82, 2.24) is 9.80 Å². The van der Waals surface area contributed by atoms with Crippen molar-refractivity contribution in [3.05, 3.63) is 72.3 Å². The van der Waals surface area contributed by atoms with Crippen LogP contribution in [-0.4, -0.2) is 53.0 Å². The van der Waals surface area contributed by atoms with E-state index in [0.29, 0.717) is 17.8 Å². The Balaban J connectivity index is 1.75. The summed E-state index contributed by atoms with van der Waals surface area (Å²) in [5, 5.41) is 0. The SMILES string of the molecule is C=CCN1C(=O)c2ccccc2N2C(=O)CC[C@]12C(=O)N(C)Cc1ccc(SC)cc1. The minimum atomic E-state index is -1.37. The second kappa shape index (κ2) is 8.23. The molecule has 0 N–H and O–H groups in total. The normalized spacial score (nSPS) is 19.8. The van der Waals surface area contributed by atoms with Gasteiger partial charge in [0.15, 0.2) is 0 Å². The van der Waals surface area contributed by atoms with E-state index < -0.39 is 5.66 Å². The smallest absolute Gasteiger partial charge is 0.270 e. The molecule has 1 saturated heterocycles. The molecule has 31 heavy (non-hydrogen) atoms. The summed E-state index contributed by atoms with van der Waals surface area (Å²) in [5.41, 5.74) is 0.545. The molecule has 2 aliphatic rings. The van der Waals surface area contributed by atoms with Gasteiger partial charge in [0.2, 0.25) is 11.6 Å². The standard InChI is InChI=1S/C24H25N3O3S/c1-4-15-26-22(29)19-7-5-6-8-20(19)27-21(28)13-14-24(26,27)23(30)25(2)16-17-9-11-18(31-3)12-10-17/h4-12H,1,13-16H2,2-3H3/t24-/m0/s1. The van der Waals surface area contributed by atoms with E-state index in [-0.39, 0.29) is 37.1 Å². The molecule has 0 radical (unpaired) electrons. The number of thioether (sulfide) groups is 1. The fraction of sp³-hybridized carbons (Fsp3) is 0.292. The number of fused-ring (bicyclic) bond motifs is 3. The Morgan fingerprint density at radius 2 is 1.90 bits per heavy atom. The molecule has 2 heterocycles. The summed E-state index contributed by atoms with van der Waals surface area (Å²) in [5.74, 6) is -0.676. The number of carbonyl (C=O) groups is 3. The lowest BCUT2D eigenvalue weighted by Crippen LogP contribution is -2.70. The number of anilines is 1. The zero-order chi connectivity index (χ0) is 22.2. The van der Waals surface area contributed by atoms with E-state index in [1.54, 1.807) is 54.1 Å². The molecule has 160 valence electrons. The van der Waals surface area contributed by atoms with Crippen LogP contribution >= 0.6 is 11.8 Å². The first-order valence-corrected chi connectivity index (χ1v) is 11.4. The zero-order valence-corrected chi connectivity index (χ0v) is 18.5. The van der Waals surface area contributed by atoms with Crippen molar-refractivity contribution in [1.29, 1.82) is 0 Å². The van der Waals surface area contributed by atoms with Crippen molar-refractivity contribution in [2.45, 2.75) is 29.9 Å². The molecular weight excluding hydrogens is 410 g/mol. The largest absolute Gasteiger partial charge is 0.338 e. The van der Waals surface area contributed by atoms with Crippen LogP contribution in [0, 0.1) is 0 Å². The van der Waals surface area contributed by atoms with Crippen molar-refractivity contribution in [3.8, 4) is 0 Å². The van der Waals surface area contributed by atoms with E-state index in [4.69, 9.17) is 0 Å². The molecule has 0 aliphatic carbocycles. The van der Waals surface area contributed by atoms with Gasteiger partial charge in [-0.15, -0.1) is 18.3 Å². The number of likely N-dealkylation sites (N-methyl/N-ethyl adjacent to an activating group) is 1. The van der Waals surface area contributed by atoms with Crippen molar-refractivity contribution in [2.75, 3.05) is 24.7 Å². The Kier molecular flexibility index (Phi) is 5.62. The topological polar surface area (TPSA) is 60.9 Å². The van der Waals surface area contributed by atoms with Crippen LogP contribution < -0.4 is 4.90 Å². The number of hydrogen-bond donors (Lipinski definition) is 0. The average Bonchev–Trinajstić information content (AvgIpc) is 3.14. The first kappa shape index (κ1) is 21.2. The van der Waals surface area contributed by atoms with Crippen LogP contribution in [0.3, 0.4) is 0 Å². The molecule has 0 saturated carbocycles. The fourth-order valence-electron chi connectivity index (χ4n) is 4.53. The summed E-state index contributed by atoms with van der Waals surface area (Å²) in [6.45, 7) is 4.34. The highest BCUT2D eigenvalue weighted by atomic mass is 32.2. The first-order valence-electron chi connectivity index (χ1n) is 10.2. The Bertz CT molecular complexity index is 1050. The van der Waals surface area contributed by atoms with Gasteiger partial charge in [-0.2, -0.15) is 0 Å². The van der Waals surface area contributed by atoms with E-state index in [1.807, 2.05) is 30.5 Å². The van der Waals surface area contributed by atoms with Crippen LogP contribution in [-0.2, 0) is 16.1 Å². The Hall–Kier alpha value is -3.06. The number of carbonyl (C=O) groups excluding carboxylic acids is 3. The lowest BCUT2D eigenvalue weighted by molar-refractivity contribution is -0.143. The van der Waals surface area contributed by atoms with Crippen LogP contribution in [0.4, 0.5) is 5.69 Å². The predicted molar refractivity (Wildman–Crippen MR) is 122 cm³/mol. The number of benzene rings is 2. The zero-order valence-electron chi connectivity index (χ0n) is 17.7. The Labute approximate surface area is 186 Å². The van der Waals surface area contributed by atoms with Crippen LogP contribution in [0.1, 0.15) is 28.8 Å². The number of hydrogen-bond acceptors (Lipinski definition) is 4. The summed E-state index contributed by atoms with van der Waals surface area (Å²) in [6, 6.07) is 15.0. The minimum Gasteiger partial charge on any atom is -0.338 e. The van der Waals surface area contributed by atoms with Gasteiger partial charge in [0, 0.05) is 37.9 Å². The monoisotopic (exact) mass is 435 g/mol. The average molecular weight is 436 g/mol. The summed E-state index contributed by atoms with van der Waals surface area (Å²) in [7, 11) is 1.72. The summed E-state index contributed by atoms with van der Waals surface area (Å²) in [4.78, 5) is 46.1. The molecule has 1 atom stereocenters. The lowest BCUT2D eigenvalue weighted by atomic mass is 9.95. The first-order chi connectivity index (χ1) is 14.9. The van der Waals surface area contributed by atoms with E-state index in [1.165, 1.54) is 9.80 Å². The van der Waals surface area contributed by atoms with Crippen LogP contribution in [0.25, 0.3) is 0 Å². The van der Waals surface area contributed by atoms with Crippen LogP contribution in [0.2, 0.25) is 0 Å². The molecule has 3 amide bonds. The second-order valence-electron chi connectivity index (χ2n) is 7.78. The molecule has 1 fully saturated rings. The Morgan fingerprint density at radius 3 is 2.58 bits per heavy atom. The van der Waals surface area contributed by atoms with E-state index >= 15 is 0 Å². The van der Waals surface area contributed by atoms with Gasteiger partial charge in [0.1, 0.15) is 0 Å². The molecule has 4 rings (SSSR count). The van der Waals surface area contributed by atoms with Gasteiger partial charge in [-0.05, 0) is 36.1 Å². The third-order valence-electron chi connectivity index (χ3n) is 5.95. The lowest BCUT2D eigenvalue weighted by Gasteiger charge is -2.50. The highest BCUT2D eigenvalue weighted by Gasteiger charge is 2.61. The number of para-hydroxylation sites is 1. The van der Waals surface area contributed by atoms with E-state index in [0.717, 1.165) is 10.5 Å². The molecule has 0 unspecified atom stereocenters. The van der Waals surface area contributed by atoms with Gasteiger partial charge in [-0.3, -0.25) is 19.3 Å². The highest BCUT2D eigenvalue weighted by molar-refractivity contribution is 7.98. The molecule has 2 aromatic carbocycles. The number of amides is 3. The summed E-state index contributed by atoms with van der Waals surface area (Å²) >= 11 is 1.66. The van der Waals surface area contributed by atoms with Crippen molar-refractivity contribution < 1.29 is 14.4 Å². The van der Waals surface area contributed by atoms with Gasteiger partial charge in [0.25, 0.3) is 11.8 Å². The van der Waals surface area contributed by atoms with Crippen LogP contribution in [0.15, 0.2) is 66.1 Å². The predicted octanol–water partition coefficient (Wildman–Crippen LogP) is 3.53. The highest BCUT2D eigenvalue weighted by Crippen LogP contribution is 2.45. The third-order valence-corrected chi connectivity index (χ3v) is 6.70. The summed E-state index contributed by atoms with van der Waals surface area (Å²) in [6.07, 6.45) is 4.08. The molecule has 7 heteroatoms. The van der Waals surface area contributed by atoms with Gasteiger partial charge in [-0.1, -0.05) is 30.3 Å². The maximum Gasteiger partial charge on any atom is 0.270 e. The fourth-order valence-corrected chi connectivity index (χ4v) is 4.93. The molecule has 0 bridgehead atoms. The maximum atomic E-state index is 13.9. The third kappa shape index (κ3) is 3.33. The van der Waals surface area contributed by atoms with Gasteiger partial charge in [-0.25, -0.2) is 0 Å². The molecule has 0 aromatic heterocycles. The minimum absolute atomic E-state index is 0.153. The molecule has 2 aromatic rings.